The van der Waals surface area contributed by atoms with Gasteiger partial charge in [0, 0.05) is 42.8 Å². The van der Waals surface area contributed by atoms with Crippen LogP contribution in [0.4, 0.5) is 15.9 Å². The van der Waals surface area contributed by atoms with E-state index in [2.05, 4.69) is 43.4 Å². The van der Waals surface area contributed by atoms with Gasteiger partial charge in [-0.1, -0.05) is 19.1 Å². The molecule has 0 unspecified atom stereocenters. The van der Waals surface area contributed by atoms with Gasteiger partial charge in [-0.25, -0.2) is 13.9 Å². The zero-order chi connectivity index (χ0) is 25.9. The van der Waals surface area contributed by atoms with Crippen molar-refractivity contribution in [3.8, 4) is 0 Å². The molecule has 0 saturated heterocycles. The minimum atomic E-state index is -0.245. The molecule has 8 nitrogen and oxygen atoms in total. The molecule has 38 heavy (non-hydrogen) atoms. The second-order valence-corrected chi connectivity index (χ2v) is 9.23. The number of benzene rings is 2. The Morgan fingerprint density at radius 1 is 0.947 bits per heavy atom. The van der Waals surface area contributed by atoms with Gasteiger partial charge in [0.25, 0.3) is 0 Å². The molecule has 0 aliphatic rings. The second-order valence-electron chi connectivity index (χ2n) is 9.23. The predicted octanol–water partition coefficient (Wildman–Crippen LogP) is 5.43. The monoisotopic (exact) mass is 506 g/mol. The summed E-state index contributed by atoms with van der Waals surface area (Å²) in [5.41, 5.74) is 6.07. The highest BCUT2D eigenvalue weighted by Crippen LogP contribution is 2.27. The maximum Gasteiger partial charge on any atom is 0.158 e. The maximum atomic E-state index is 13.6. The SMILES string of the molecule is CCN(Cc1ccncc1)Cc1ccn2ncnc(Nc3ccc4c(cnn4Cc4cccc(F)c4)c3)c12. The lowest BCUT2D eigenvalue weighted by Gasteiger charge is -2.20. The molecule has 6 rings (SSSR count). The van der Waals surface area contributed by atoms with Gasteiger partial charge in [0.05, 0.1) is 18.3 Å². The van der Waals surface area contributed by atoms with Crippen molar-refractivity contribution in [1.29, 1.82) is 0 Å². The van der Waals surface area contributed by atoms with Crippen molar-refractivity contribution in [3.63, 3.8) is 0 Å². The third-order valence-electron chi connectivity index (χ3n) is 6.66. The Morgan fingerprint density at radius 2 is 1.84 bits per heavy atom. The molecule has 0 saturated carbocycles. The van der Waals surface area contributed by atoms with Crippen LogP contribution in [0.1, 0.15) is 23.6 Å². The highest BCUT2D eigenvalue weighted by atomic mass is 19.1. The Hall–Kier alpha value is -4.63. The number of halogens is 1. The summed E-state index contributed by atoms with van der Waals surface area (Å²) in [4.78, 5) is 11.1. The Kier molecular flexibility index (Phi) is 6.49. The minimum absolute atomic E-state index is 0.245. The zero-order valence-corrected chi connectivity index (χ0v) is 21.0. The quantitative estimate of drug-likeness (QED) is 0.282. The lowest BCUT2D eigenvalue weighted by atomic mass is 10.2. The maximum absolute atomic E-state index is 13.6. The topological polar surface area (TPSA) is 76.2 Å². The summed E-state index contributed by atoms with van der Waals surface area (Å²) in [5.74, 6) is 0.497. The van der Waals surface area contributed by atoms with Gasteiger partial charge in [-0.15, -0.1) is 0 Å². The highest BCUT2D eigenvalue weighted by Gasteiger charge is 2.14. The van der Waals surface area contributed by atoms with Gasteiger partial charge in [0.2, 0.25) is 0 Å². The predicted molar refractivity (Wildman–Crippen MR) is 146 cm³/mol. The van der Waals surface area contributed by atoms with E-state index in [9.17, 15) is 4.39 Å². The van der Waals surface area contributed by atoms with Crippen molar-refractivity contribution in [2.75, 3.05) is 11.9 Å². The molecule has 1 N–H and O–H groups in total. The van der Waals surface area contributed by atoms with Crippen molar-refractivity contribution in [1.82, 2.24) is 34.3 Å². The van der Waals surface area contributed by atoms with Gasteiger partial charge >= 0.3 is 0 Å². The molecule has 0 atom stereocenters. The zero-order valence-electron chi connectivity index (χ0n) is 21.0. The van der Waals surface area contributed by atoms with Crippen molar-refractivity contribution >= 4 is 27.9 Å². The van der Waals surface area contributed by atoms with Crippen LogP contribution < -0.4 is 5.32 Å². The number of rotatable bonds is 9. The summed E-state index contributed by atoms with van der Waals surface area (Å²) in [6, 6.07) is 18.9. The Morgan fingerprint density at radius 3 is 2.68 bits per heavy atom. The number of nitrogens with zero attached hydrogens (tertiary/aromatic N) is 7. The fourth-order valence-electron chi connectivity index (χ4n) is 4.74. The molecule has 0 bridgehead atoms. The first kappa shape index (κ1) is 23.7. The lowest BCUT2D eigenvalue weighted by Crippen LogP contribution is -2.22. The Bertz CT molecular complexity index is 1690. The van der Waals surface area contributed by atoms with Crippen LogP contribution in [0, 0.1) is 5.82 Å². The average Bonchev–Trinajstić information content (AvgIpc) is 3.53. The molecule has 9 heteroatoms. The molecule has 6 aromatic rings. The van der Waals surface area contributed by atoms with Gasteiger partial charge in [-0.3, -0.25) is 14.6 Å². The van der Waals surface area contributed by atoms with Crippen LogP contribution in [0.3, 0.4) is 0 Å². The number of hydrogen-bond donors (Lipinski definition) is 1. The molecular formula is C29H27FN8. The van der Waals surface area contributed by atoms with E-state index in [0.29, 0.717) is 6.54 Å². The van der Waals surface area contributed by atoms with E-state index in [1.165, 1.54) is 17.7 Å². The van der Waals surface area contributed by atoms with Gasteiger partial charge in [0.1, 0.15) is 17.7 Å². The van der Waals surface area contributed by atoms with Crippen LogP contribution >= 0.6 is 0 Å². The molecule has 0 spiro atoms. The number of nitrogens with one attached hydrogen (secondary N) is 1. The van der Waals surface area contributed by atoms with Crippen LogP contribution in [0.2, 0.25) is 0 Å². The molecule has 0 amide bonds. The number of pyridine rings is 1. The number of aromatic nitrogens is 6. The van der Waals surface area contributed by atoms with Crippen molar-refractivity contribution < 1.29 is 4.39 Å². The first-order valence-electron chi connectivity index (χ1n) is 12.6. The van der Waals surface area contributed by atoms with Gasteiger partial charge < -0.3 is 5.32 Å². The summed E-state index contributed by atoms with van der Waals surface area (Å²) in [6.45, 7) is 5.18. The Balaban J connectivity index is 1.25. The minimum Gasteiger partial charge on any atom is -0.338 e. The van der Waals surface area contributed by atoms with E-state index in [1.54, 1.807) is 12.4 Å². The third kappa shape index (κ3) is 4.96. The molecular weight excluding hydrogens is 479 g/mol. The number of hydrogen-bond acceptors (Lipinski definition) is 6. The summed E-state index contributed by atoms with van der Waals surface area (Å²) < 4.78 is 17.4. The molecule has 4 heterocycles. The fourth-order valence-corrected chi connectivity index (χ4v) is 4.74. The first-order valence-corrected chi connectivity index (χ1v) is 12.6. The molecule has 4 aromatic heterocycles. The number of anilines is 2. The van der Waals surface area contributed by atoms with E-state index in [0.717, 1.165) is 58.7 Å². The van der Waals surface area contributed by atoms with Gasteiger partial charge in [-0.2, -0.15) is 10.2 Å². The standard InChI is InChI=1S/C29H27FN8/c1-2-36(17-21-8-11-31-12-9-21)19-23-10-13-37-28(23)29(32-20-34-37)35-26-6-7-27-24(15-26)16-33-38(27)18-22-4-3-5-25(30)14-22/h3-16,20H,2,17-19H2,1H3,(H,32,34,35). The molecule has 0 fully saturated rings. The summed E-state index contributed by atoms with van der Waals surface area (Å²) in [6.07, 6.45) is 9.01. The van der Waals surface area contributed by atoms with E-state index < -0.39 is 0 Å². The van der Waals surface area contributed by atoms with E-state index >= 15 is 0 Å². The van der Waals surface area contributed by atoms with Crippen molar-refractivity contribution in [2.45, 2.75) is 26.6 Å². The largest absolute Gasteiger partial charge is 0.338 e. The van der Waals surface area contributed by atoms with Crippen LogP contribution in [0.5, 0.6) is 0 Å². The normalized spacial score (nSPS) is 11.6. The van der Waals surface area contributed by atoms with Gasteiger partial charge in [-0.05, 0) is 71.8 Å². The highest BCUT2D eigenvalue weighted by molar-refractivity contribution is 5.85. The average molecular weight is 507 g/mol. The third-order valence-corrected chi connectivity index (χ3v) is 6.66. The Labute approximate surface area is 219 Å². The molecule has 0 radical (unpaired) electrons. The molecule has 2 aromatic carbocycles. The smallest absolute Gasteiger partial charge is 0.158 e. The van der Waals surface area contributed by atoms with Crippen LogP contribution in [-0.2, 0) is 19.6 Å². The van der Waals surface area contributed by atoms with Crippen LogP contribution in [-0.4, -0.2) is 40.8 Å². The summed E-state index contributed by atoms with van der Waals surface area (Å²) in [5, 5.41) is 13.4. The van der Waals surface area contributed by atoms with E-state index in [1.807, 2.05) is 70.4 Å². The second kappa shape index (κ2) is 10.4. The molecule has 0 aliphatic heterocycles. The first-order chi connectivity index (χ1) is 18.7. The fraction of sp³-hybridized carbons (Fsp3) is 0.172. The van der Waals surface area contributed by atoms with Gasteiger partial charge in [0.15, 0.2) is 5.82 Å². The summed E-state index contributed by atoms with van der Waals surface area (Å²) in [7, 11) is 0. The number of fused-ring (bicyclic) bond motifs is 2. The van der Waals surface area contributed by atoms with Crippen molar-refractivity contribution in [3.05, 3.63) is 114 Å². The molecule has 190 valence electrons. The van der Waals surface area contributed by atoms with E-state index in [4.69, 9.17) is 0 Å². The van der Waals surface area contributed by atoms with E-state index in [-0.39, 0.29) is 5.82 Å². The van der Waals surface area contributed by atoms with Crippen LogP contribution in [0.15, 0.2) is 91.8 Å². The molecule has 0 aliphatic carbocycles. The van der Waals surface area contributed by atoms with Crippen LogP contribution in [0.25, 0.3) is 16.4 Å². The van der Waals surface area contributed by atoms with Crippen molar-refractivity contribution in [2.24, 2.45) is 0 Å². The lowest BCUT2D eigenvalue weighted by molar-refractivity contribution is 0.272. The summed E-state index contributed by atoms with van der Waals surface area (Å²) >= 11 is 0.